The lowest BCUT2D eigenvalue weighted by atomic mass is 10.1. The summed E-state index contributed by atoms with van der Waals surface area (Å²) in [6.45, 7) is 9.06. The lowest BCUT2D eigenvalue weighted by Crippen LogP contribution is -2.11. The van der Waals surface area contributed by atoms with Gasteiger partial charge in [0.05, 0.1) is 12.5 Å². The van der Waals surface area contributed by atoms with Crippen LogP contribution >= 0.6 is 0 Å². The van der Waals surface area contributed by atoms with Gasteiger partial charge in [0.2, 0.25) is 0 Å². The van der Waals surface area contributed by atoms with Gasteiger partial charge in [-0.3, -0.25) is 4.79 Å². The van der Waals surface area contributed by atoms with Gasteiger partial charge in [-0.15, -0.1) is 0 Å². The van der Waals surface area contributed by atoms with Crippen LogP contribution in [-0.4, -0.2) is 24.3 Å². The molecule has 0 heterocycles. The van der Waals surface area contributed by atoms with E-state index in [-0.39, 0.29) is 23.9 Å². The van der Waals surface area contributed by atoms with Gasteiger partial charge in [0.15, 0.2) is 0 Å². The van der Waals surface area contributed by atoms with Crippen LogP contribution in [0.25, 0.3) is 0 Å². The number of hydrogen-bond donors (Lipinski definition) is 1. The maximum absolute atomic E-state index is 11.9. The highest BCUT2D eigenvalue weighted by atomic mass is 16.5. The molecule has 0 radical (unpaired) electrons. The highest BCUT2D eigenvalue weighted by Crippen LogP contribution is 2.59. The molecule has 0 aliphatic heterocycles. The number of allylic oxidation sites excluding steroid dienone is 2. The van der Waals surface area contributed by atoms with E-state index < -0.39 is 0 Å². The number of aliphatic hydroxyl groups excluding tert-OH is 1. The van der Waals surface area contributed by atoms with Gasteiger partial charge in [0.1, 0.15) is 0 Å². The maximum Gasteiger partial charge on any atom is 0.310 e. The first-order valence-corrected chi connectivity index (χ1v) is 6.83. The molecule has 0 saturated heterocycles. The third kappa shape index (κ3) is 3.84. The van der Waals surface area contributed by atoms with Crippen LogP contribution in [0.5, 0.6) is 0 Å². The van der Waals surface area contributed by atoms with Gasteiger partial charge in [-0.25, -0.2) is 0 Å². The Balaban J connectivity index is 2.33. The number of rotatable bonds is 7. The van der Waals surface area contributed by atoms with Crippen LogP contribution in [0.4, 0.5) is 0 Å². The van der Waals surface area contributed by atoms with Gasteiger partial charge >= 0.3 is 5.97 Å². The average Bonchev–Trinajstić information content (AvgIpc) is 2.79. The van der Waals surface area contributed by atoms with Crippen LogP contribution in [0.2, 0.25) is 0 Å². The Kier molecular flexibility index (Phi) is 5.39. The van der Waals surface area contributed by atoms with Crippen molar-refractivity contribution < 1.29 is 14.6 Å². The molecule has 3 nitrogen and oxygen atoms in total. The van der Waals surface area contributed by atoms with Crippen molar-refractivity contribution in [3.63, 3.8) is 0 Å². The molecule has 3 heteroatoms. The zero-order valence-corrected chi connectivity index (χ0v) is 12.0. The van der Waals surface area contributed by atoms with Crippen molar-refractivity contribution in [2.24, 2.45) is 17.3 Å². The van der Waals surface area contributed by atoms with E-state index in [1.54, 1.807) is 0 Å². The monoisotopic (exact) mass is 254 g/mol. The average molecular weight is 254 g/mol. The van der Waals surface area contributed by atoms with Crippen molar-refractivity contribution in [3.05, 3.63) is 11.6 Å². The molecule has 1 rings (SSSR count). The predicted octanol–water partition coefficient (Wildman–Crippen LogP) is 2.93. The minimum Gasteiger partial charge on any atom is -0.465 e. The van der Waals surface area contributed by atoms with E-state index in [1.165, 1.54) is 5.57 Å². The van der Waals surface area contributed by atoms with E-state index in [2.05, 4.69) is 33.8 Å². The Bertz CT molecular complexity index is 314. The Morgan fingerprint density at radius 1 is 1.28 bits per heavy atom. The largest absolute Gasteiger partial charge is 0.465 e. The van der Waals surface area contributed by atoms with E-state index >= 15 is 0 Å². The Labute approximate surface area is 110 Å². The third-order valence-corrected chi connectivity index (χ3v) is 3.72. The topological polar surface area (TPSA) is 46.5 Å². The summed E-state index contributed by atoms with van der Waals surface area (Å²) < 4.78 is 5.31. The summed E-state index contributed by atoms with van der Waals surface area (Å²) in [5.41, 5.74) is 1.30. The summed E-state index contributed by atoms with van der Waals surface area (Å²) in [7, 11) is 0. The normalized spacial score (nSPS) is 24.5. The molecular weight excluding hydrogens is 228 g/mol. The van der Waals surface area contributed by atoms with E-state index in [0.29, 0.717) is 12.5 Å². The number of hydrogen-bond acceptors (Lipinski definition) is 3. The third-order valence-electron chi connectivity index (χ3n) is 3.72. The zero-order chi connectivity index (χ0) is 13.8. The molecule has 0 spiro atoms. The SMILES string of the molecule is CC(C)=C[C@H]1[C@@H](C(=O)OCCCCCO)C1(C)C. The van der Waals surface area contributed by atoms with Crippen molar-refractivity contribution in [2.75, 3.05) is 13.2 Å². The first kappa shape index (κ1) is 15.2. The van der Waals surface area contributed by atoms with Crippen molar-refractivity contribution >= 4 is 5.97 Å². The fourth-order valence-electron chi connectivity index (χ4n) is 2.45. The summed E-state index contributed by atoms with van der Waals surface area (Å²) >= 11 is 0. The van der Waals surface area contributed by atoms with E-state index in [4.69, 9.17) is 9.84 Å². The fraction of sp³-hybridized carbons (Fsp3) is 0.800. The van der Waals surface area contributed by atoms with Crippen molar-refractivity contribution in [1.82, 2.24) is 0 Å². The van der Waals surface area contributed by atoms with Gasteiger partial charge in [-0.05, 0) is 44.4 Å². The minimum atomic E-state index is -0.0634. The molecule has 0 bridgehead atoms. The zero-order valence-electron chi connectivity index (χ0n) is 12.0. The number of aliphatic hydroxyl groups is 1. The van der Waals surface area contributed by atoms with Gasteiger partial charge in [-0.2, -0.15) is 0 Å². The van der Waals surface area contributed by atoms with Gasteiger partial charge in [0.25, 0.3) is 0 Å². The Hall–Kier alpha value is -0.830. The molecule has 2 atom stereocenters. The fourth-order valence-corrected chi connectivity index (χ4v) is 2.45. The quantitative estimate of drug-likeness (QED) is 0.431. The summed E-state index contributed by atoms with van der Waals surface area (Å²) in [4.78, 5) is 11.9. The summed E-state index contributed by atoms with van der Waals surface area (Å²) in [5, 5.41) is 8.65. The summed E-state index contributed by atoms with van der Waals surface area (Å²) in [6.07, 6.45) is 4.71. The molecule has 1 aliphatic carbocycles. The smallest absolute Gasteiger partial charge is 0.310 e. The van der Waals surface area contributed by atoms with Gasteiger partial charge in [-0.1, -0.05) is 25.5 Å². The van der Waals surface area contributed by atoms with Crippen LogP contribution in [0, 0.1) is 17.3 Å². The van der Waals surface area contributed by atoms with Crippen molar-refractivity contribution in [2.45, 2.75) is 47.0 Å². The van der Waals surface area contributed by atoms with E-state index in [0.717, 1.165) is 19.3 Å². The van der Waals surface area contributed by atoms with Crippen LogP contribution < -0.4 is 0 Å². The maximum atomic E-state index is 11.9. The second-order valence-electron chi connectivity index (χ2n) is 6.02. The molecule has 0 aromatic heterocycles. The Morgan fingerprint density at radius 3 is 2.50 bits per heavy atom. The molecule has 1 N–H and O–H groups in total. The number of ether oxygens (including phenoxy) is 1. The molecule has 1 aliphatic rings. The standard InChI is InChI=1S/C15H26O3/c1-11(2)10-12-13(15(12,3)4)14(17)18-9-7-5-6-8-16/h10,12-13,16H,5-9H2,1-4H3/t12-,13-/m0/s1. The second kappa shape index (κ2) is 6.37. The summed E-state index contributed by atoms with van der Waals surface area (Å²) in [6, 6.07) is 0. The molecule has 0 unspecified atom stereocenters. The van der Waals surface area contributed by atoms with E-state index in [1.807, 2.05) is 0 Å². The number of carbonyl (C=O) groups excluding carboxylic acids is 1. The number of carbonyl (C=O) groups is 1. The molecular formula is C15H26O3. The molecule has 104 valence electrons. The molecule has 0 aromatic rings. The van der Waals surface area contributed by atoms with Crippen LogP contribution in [0.15, 0.2) is 11.6 Å². The molecule has 0 amide bonds. The van der Waals surface area contributed by atoms with Crippen LogP contribution in [0.1, 0.15) is 47.0 Å². The molecule has 0 aromatic carbocycles. The Morgan fingerprint density at radius 2 is 1.94 bits per heavy atom. The van der Waals surface area contributed by atoms with Gasteiger partial charge in [0, 0.05) is 6.61 Å². The van der Waals surface area contributed by atoms with Crippen molar-refractivity contribution in [3.8, 4) is 0 Å². The lowest BCUT2D eigenvalue weighted by molar-refractivity contribution is -0.146. The number of esters is 1. The second-order valence-corrected chi connectivity index (χ2v) is 6.02. The van der Waals surface area contributed by atoms with Gasteiger partial charge < -0.3 is 9.84 Å². The summed E-state index contributed by atoms with van der Waals surface area (Å²) in [5.74, 6) is 0.282. The highest BCUT2D eigenvalue weighted by Gasteiger charge is 2.61. The van der Waals surface area contributed by atoms with Crippen LogP contribution in [-0.2, 0) is 9.53 Å². The van der Waals surface area contributed by atoms with E-state index in [9.17, 15) is 4.79 Å². The van der Waals surface area contributed by atoms with Crippen molar-refractivity contribution in [1.29, 1.82) is 0 Å². The minimum absolute atomic E-state index is 0.0187. The van der Waals surface area contributed by atoms with Crippen LogP contribution in [0.3, 0.4) is 0 Å². The number of unbranched alkanes of at least 4 members (excludes halogenated alkanes) is 2. The molecule has 1 fully saturated rings. The highest BCUT2D eigenvalue weighted by molar-refractivity contribution is 5.78. The first-order valence-electron chi connectivity index (χ1n) is 6.83. The predicted molar refractivity (Wildman–Crippen MR) is 72.1 cm³/mol. The first-order chi connectivity index (χ1) is 8.41. The molecule has 1 saturated carbocycles. The molecule has 18 heavy (non-hydrogen) atoms. The lowest BCUT2D eigenvalue weighted by Gasteiger charge is -2.05.